The van der Waals surface area contributed by atoms with Gasteiger partial charge in [0, 0.05) is 6.04 Å². The van der Waals surface area contributed by atoms with E-state index in [9.17, 15) is 0 Å². The Morgan fingerprint density at radius 3 is 2.47 bits per heavy atom. The Balaban J connectivity index is 2.99. The molecule has 0 fully saturated rings. The highest BCUT2D eigenvalue weighted by molar-refractivity contribution is 5.27. The van der Waals surface area contributed by atoms with Crippen LogP contribution in [0.15, 0.2) is 24.3 Å². The molecule has 0 bridgehead atoms. The molecule has 1 heteroatoms. The van der Waals surface area contributed by atoms with E-state index in [0.717, 1.165) is 0 Å². The topological polar surface area (TPSA) is 12.0 Å². The van der Waals surface area contributed by atoms with Crippen molar-refractivity contribution in [3.05, 3.63) is 35.4 Å². The number of rotatable bonds is 6. The molecule has 0 heterocycles. The van der Waals surface area contributed by atoms with Gasteiger partial charge in [0.1, 0.15) is 0 Å². The minimum atomic E-state index is 0.291. The summed E-state index contributed by atoms with van der Waals surface area (Å²) in [4.78, 5) is 0. The Hall–Kier alpha value is -0.820. The molecule has 96 valence electrons. The van der Waals surface area contributed by atoms with Crippen LogP contribution in [0, 0.1) is 5.41 Å². The zero-order valence-electron chi connectivity index (χ0n) is 12.0. The van der Waals surface area contributed by atoms with Gasteiger partial charge in [-0.1, -0.05) is 58.4 Å². The van der Waals surface area contributed by atoms with Crippen molar-refractivity contribution in [1.82, 2.24) is 5.32 Å². The Morgan fingerprint density at radius 1 is 1.24 bits per heavy atom. The van der Waals surface area contributed by atoms with Crippen LogP contribution in [0.2, 0.25) is 0 Å². The molecule has 1 rings (SSSR count). The van der Waals surface area contributed by atoms with Crippen molar-refractivity contribution in [3.63, 3.8) is 0 Å². The molecule has 1 unspecified atom stereocenters. The average molecular weight is 233 g/mol. The normalized spacial score (nSPS) is 13.7. The van der Waals surface area contributed by atoms with Crippen molar-refractivity contribution in [2.24, 2.45) is 5.41 Å². The highest BCUT2D eigenvalue weighted by Gasteiger charge is 2.27. The van der Waals surface area contributed by atoms with Gasteiger partial charge in [-0.15, -0.1) is 0 Å². The van der Waals surface area contributed by atoms with Gasteiger partial charge in [-0.05, 0) is 36.4 Å². The number of hydrogen-bond donors (Lipinski definition) is 1. The molecule has 1 atom stereocenters. The van der Waals surface area contributed by atoms with Crippen LogP contribution in [0.3, 0.4) is 0 Å². The number of hydrogen-bond acceptors (Lipinski definition) is 1. The molecule has 0 aromatic heterocycles. The van der Waals surface area contributed by atoms with Gasteiger partial charge in [-0.2, -0.15) is 0 Å². The molecule has 0 amide bonds. The van der Waals surface area contributed by atoms with Crippen molar-refractivity contribution in [2.75, 3.05) is 7.05 Å². The molecule has 0 aliphatic carbocycles. The van der Waals surface area contributed by atoms with Crippen LogP contribution in [0.25, 0.3) is 0 Å². The monoisotopic (exact) mass is 233 g/mol. The van der Waals surface area contributed by atoms with E-state index in [2.05, 4.69) is 64.3 Å². The van der Waals surface area contributed by atoms with Crippen LogP contribution >= 0.6 is 0 Å². The van der Waals surface area contributed by atoms with E-state index >= 15 is 0 Å². The lowest BCUT2D eigenvalue weighted by Gasteiger charge is -2.34. The summed E-state index contributed by atoms with van der Waals surface area (Å²) >= 11 is 0. The molecular formula is C16H27N. The number of aryl methyl sites for hydroxylation is 1. The maximum Gasteiger partial charge on any atom is 0.0369 e. The molecule has 1 aromatic carbocycles. The molecule has 0 saturated carbocycles. The molecule has 1 aromatic rings. The highest BCUT2D eigenvalue weighted by Crippen LogP contribution is 2.36. The summed E-state index contributed by atoms with van der Waals surface area (Å²) in [6.07, 6.45) is 3.57. The quantitative estimate of drug-likeness (QED) is 0.771. The van der Waals surface area contributed by atoms with Gasteiger partial charge in [0.2, 0.25) is 0 Å². The summed E-state index contributed by atoms with van der Waals surface area (Å²) < 4.78 is 0. The molecular weight excluding hydrogens is 206 g/mol. The first-order valence-corrected chi connectivity index (χ1v) is 6.81. The maximum atomic E-state index is 3.48. The summed E-state index contributed by atoms with van der Waals surface area (Å²) in [5, 5.41) is 3.48. The van der Waals surface area contributed by atoms with Gasteiger partial charge < -0.3 is 5.32 Å². The lowest BCUT2D eigenvalue weighted by atomic mass is 9.78. The lowest BCUT2D eigenvalue weighted by molar-refractivity contribution is 0.245. The fourth-order valence-corrected chi connectivity index (χ4v) is 2.43. The van der Waals surface area contributed by atoms with E-state index in [4.69, 9.17) is 0 Å². The minimum Gasteiger partial charge on any atom is -0.313 e. The van der Waals surface area contributed by atoms with Crippen molar-refractivity contribution in [1.29, 1.82) is 0 Å². The Kier molecular flexibility index (Phi) is 5.20. The predicted molar refractivity (Wildman–Crippen MR) is 76.3 cm³/mol. The highest BCUT2D eigenvalue weighted by atomic mass is 14.9. The Labute approximate surface area is 107 Å². The first kappa shape index (κ1) is 14.2. The van der Waals surface area contributed by atoms with Gasteiger partial charge in [0.15, 0.2) is 0 Å². The van der Waals surface area contributed by atoms with E-state index in [1.807, 2.05) is 0 Å². The SMILES string of the molecule is CCCc1cccc(C(NC)C(C)(C)CC)c1. The van der Waals surface area contributed by atoms with Crippen molar-refractivity contribution in [3.8, 4) is 0 Å². The summed E-state index contributed by atoms with van der Waals surface area (Å²) in [5.74, 6) is 0. The van der Waals surface area contributed by atoms with Crippen LogP contribution < -0.4 is 5.32 Å². The fourth-order valence-electron chi connectivity index (χ4n) is 2.43. The van der Waals surface area contributed by atoms with Crippen LogP contribution in [0.1, 0.15) is 57.7 Å². The second kappa shape index (κ2) is 6.20. The molecule has 0 aliphatic heterocycles. The first-order valence-electron chi connectivity index (χ1n) is 6.81. The molecule has 0 saturated heterocycles. The summed E-state index contributed by atoms with van der Waals surface area (Å²) in [5.41, 5.74) is 3.17. The third-order valence-corrected chi connectivity index (χ3v) is 3.80. The van der Waals surface area contributed by atoms with Crippen LogP contribution in [0.5, 0.6) is 0 Å². The largest absolute Gasteiger partial charge is 0.313 e. The molecule has 0 aliphatic rings. The standard InChI is InChI=1S/C16H27N/c1-6-9-13-10-8-11-14(12-13)15(17-5)16(3,4)7-2/h8,10-12,15,17H,6-7,9H2,1-5H3. The van der Waals surface area contributed by atoms with E-state index in [-0.39, 0.29) is 0 Å². The van der Waals surface area contributed by atoms with Gasteiger partial charge >= 0.3 is 0 Å². The Morgan fingerprint density at radius 2 is 1.94 bits per heavy atom. The van der Waals surface area contributed by atoms with E-state index in [1.54, 1.807) is 0 Å². The van der Waals surface area contributed by atoms with Crippen LogP contribution in [-0.2, 0) is 6.42 Å². The van der Waals surface area contributed by atoms with Crippen molar-refractivity contribution >= 4 is 0 Å². The van der Waals surface area contributed by atoms with Crippen molar-refractivity contribution in [2.45, 2.75) is 53.0 Å². The van der Waals surface area contributed by atoms with Crippen molar-refractivity contribution < 1.29 is 0 Å². The van der Waals surface area contributed by atoms with E-state index in [1.165, 1.54) is 30.4 Å². The van der Waals surface area contributed by atoms with Crippen LogP contribution in [0.4, 0.5) is 0 Å². The van der Waals surface area contributed by atoms with Gasteiger partial charge in [-0.25, -0.2) is 0 Å². The maximum absolute atomic E-state index is 3.48. The van der Waals surface area contributed by atoms with Gasteiger partial charge in [0.05, 0.1) is 0 Å². The van der Waals surface area contributed by atoms with Gasteiger partial charge in [0.25, 0.3) is 0 Å². The first-order chi connectivity index (χ1) is 8.05. The third-order valence-electron chi connectivity index (χ3n) is 3.80. The van der Waals surface area contributed by atoms with E-state index in [0.29, 0.717) is 11.5 Å². The van der Waals surface area contributed by atoms with Gasteiger partial charge in [-0.3, -0.25) is 0 Å². The Bertz CT molecular complexity index is 341. The summed E-state index contributed by atoms with van der Waals surface area (Å²) in [7, 11) is 2.06. The average Bonchev–Trinajstić information content (AvgIpc) is 2.30. The fraction of sp³-hybridized carbons (Fsp3) is 0.625. The second-order valence-electron chi connectivity index (χ2n) is 5.56. The summed E-state index contributed by atoms with van der Waals surface area (Å²) in [6, 6.07) is 9.47. The summed E-state index contributed by atoms with van der Waals surface area (Å²) in [6.45, 7) is 9.17. The zero-order valence-corrected chi connectivity index (χ0v) is 12.0. The number of benzene rings is 1. The molecule has 0 radical (unpaired) electrons. The molecule has 1 N–H and O–H groups in total. The lowest BCUT2D eigenvalue weighted by Crippen LogP contribution is -2.31. The predicted octanol–water partition coefficient (Wildman–Crippen LogP) is 4.34. The van der Waals surface area contributed by atoms with E-state index < -0.39 is 0 Å². The smallest absolute Gasteiger partial charge is 0.0369 e. The molecule has 17 heavy (non-hydrogen) atoms. The molecule has 0 spiro atoms. The molecule has 1 nitrogen and oxygen atoms in total. The third kappa shape index (κ3) is 3.57. The zero-order chi connectivity index (χ0) is 12.9. The number of nitrogens with one attached hydrogen (secondary N) is 1. The minimum absolute atomic E-state index is 0.291. The van der Waals surface area contributed by atoms with Crippen LogP contribution in [-0.4, -0.2) is 7.05 Å². The second-order valence-corrected chi connectivity index (χ2v) is 5.56.